The van der Waals surface area contributed by atoms with Crippen LogP contribution in [0.4, 0.5) is 13.2 Å². The van der Waals surface area contributed by atoms with E-state index in [2.05, 4.69) is 16.0 Å². The molecule has 2 amide bonds. The number of carbonyl (C=O) groups excluding carboxylic acids is 3. The quantitative estimate of drug-likeness (QED) is 0.138. The van der Waals surface area contributed by atoms with Gasteiger partial charge in [-0.3, -0.25) is 14.4 Å². The average Bonchev–Trinajstić information content (AvgIpc) is 3.04. The first-order chi connectivity index (χ1) is 22.4. The Balaban J connectivity index is 1.55. The molecule has 47 heavy (non-hydrogen) atoms. The molecule has 0 fully saturated rings. The molecule has 0 aliphatic heterocycles. The summed E-state index contributed by atoms with van der Waals surface area (Å²) in [6.45, 7) is 3.36. The average molecular weight is 648 g/mol. The lowest BCUT2D eigenvalue weighted by molar-refractivity contribution is 0.0829. The second-order valence-corrected chi connectivity index (χ2v) is 11.2. The summed E-state index contributed by atoms with van der Waals surface area (Å²) < 4.78 is 46.6. The molecule has 4 aromatic rings. The number of benzene rings is 4. The molecule has 0 heterocycles. The maximum Gasteiger partial charge on any atom is 0.251 e. The maximum absolute atomic E-state index is 14.0. The standard InChI is InChI=1S/C36H36F3N3O5/c1-21(25-7-9-29(37)10-8-25)41-35(45)27-15-26(22(2)43)16-28(17-27)36(46)42-33(14-24-11-30(38)18-31(39)12-24)34(44)20-40-19-23-5-4-6-32(13-23)47-3/h4-13,15-18,21,33-34,40,44H,14,19-20H2,1-3H3,(H,41,45)(H,42,46)/t21?,33-,34+/m0/s1. The van der Waals surface area contributed by atoms with Crippen LogP contribution >= 0.6 is 0 Å². The largest absolute Gasteiger partial charge is 0.497 e. The Morgan fingerprint density at radius 1 is 0.766 bits per heavy atom. The molecule has 3 atom stereocenters. The summed E-state index contributed by atoms with van der Waals surface area (Å²) in [4.78, 5) is 39.1. The first kappa shape index (κ1) is 34.9. The molecule has 0 saturated carbocycles. The maximum atomic E-state index is 14.0. The predicted octanol–water partition coefficient (Wildman–Crippen LogP) is 5.30. The summed E-state index contributed by atoms with van der Waals surface area (Å²) in [5.74, 6) is -3.07. The van der Waals surface area contributed by atoms with E-state index in [1.807, 2.05) is 18.2 Å². The molecular weight excluding hydrogens is 611 g/mol. The van der Waals surface area contributed by atoms with Gasteiger partial charge in [0.1, 0.15) is 23.2 Å². The highest BCUT2D eigenvalue weighted by atomic mass is 19.1. The summed E-state index contributed by atoms with van der Waals surface area (Å²) in [7, 11) is 1.55. The number of methoxy groups -OCH3 is 1. The molecule has 0 saturated heterocycles. The number of Topliss-reactive ketones (excluding diaryl/α,β-unsaturated/α-hetero) is 1. The Bertz CT molecular complexity index is 1710. The van der Waals surface area contributed by atoms with Gasteiger partial charge >= 0.3 is 0 Å². The number of ketones is 1. The van der Waals surface area contributed by atoms with Crippen LogP contribution in [-0.4, -0.2) is 48.5 Å². The predicted molar refractivity (Wildman–Crippen MR) is 171 cm³/mol. The molecule has 246 valence electrons. The van der Waals surface area contributed by atoms with E-state index in [0.717, 1.165) is 23.8 Å². The summed E-state index contributed by atoms with van der Waals surface area (Å²) in [5, 5.41) is 19.8. The zero-order chi connectivity index (χ0) is 34.1. The summed E-state index contributed by atoms with van der Waals surface area (Å²) in [6, 6.07) is 18.3. The van der Waals surface area contributed by atoms with Crippen molar-refractivity contribution >= 4 is 17.6 Å². The van der Waals surface area contributed by atoms with Crippen LogP contribution in [0.25, 0.3) is 0 Å². The van der Waals surface area contributed by atoms with Crippen LogP contribution in [0.15, 0.2) is 84.9 Å². The normalized spacial score (nSPS) is 12.9. The van der Waals surface area contributed by atoms with Gasteiger partial charge in [-0.1, -0.05) is 24.3 Å². The minimum absolute atomic E-state index is 0.00235. The first-order valence-corrected chi connectivity index (χ1v) is 14.9. The van der Waals surface area contributed by atoms with Gasteiger partial charge in [-0.25, -0.2) is 13.2 Å². The molecule has 0 radical (unpaired) electrons. The van der Waals surface area contributed by atoms with Crippen LogP contribution in [0.2, 0.25) is 0 Å². The lowest BCUT2D eigenvalue weighted by Crippen LogP contribution is -2.48. The summed E-state index contributed by atoms with van der Waals surface area (Å²) in [6.07, 6.45) is -1.34. The Morgan fingerprint density at radius 2 is 1.38 bits per heavy atom. The van der Waals surface area contributed by atoms with E-state index in [4.69, 9.17) is 4.74 Å². The highest BCUT2D eigenvalue weighted by Gasteiger charge is 2.24. The highest BCUT2D eigenvalue weighted by molar-refractivity contribution is 6.04. The summed E-state index contributed by atoms with van der Waals surface area (Å²) >= 11 is 0. The van der Waals surface area contributed by atoms with Gasteiger partial charge < -0.3 is 25.8 Å². The fraction of sp³-hybridized carbons (Fsp3) is 0.250. The molecule has 4 rings (SSSR count). The minimum Gasteiger partial charge on any atom is -0.497 e. The SMILES string of the molecule is COc1cccc(CNC[C@@H](O)[C@H](Cc2cc(F)cc(F)c2)NC(=O)c2cc(C(C)=O)cc(C(=O)NC(C)c3ccc(F)cc3)c2)c1. The van der Waals surface area contributed by atoms with Gasteiger partial charge in [0.05, 0.1) is 25.3 Å². The topological polar surface area (TPSA) is 117 Å². The molecule has 11 heteroatoms. The number of nitrogens with one attached hydrogen (secondary N) is 3. The molecule has 0 spiro atoms. The second kappa shape index (κ2) is 16.0. The molecule has 0 aromatic heterocycles. The molecule has 0 bridgehead atoms. The van der Waals surface area contributed by atoms with Gasteiger partial charge in [0.25, 0.3) is 11.8 Å². The number of ether oxygens (including phenoxy) is 1. The van der Waals surface area contributed by atoms with Crippen molar-refractivity contribution in [1.82, 2.24) is 16.0 Å². The van der Waals surface area contributed by atoms with Crippen LogP contribution in [0.5, 0.6) is 5.75 Å². The van der Waals surface area contributed by atoms with Crippen molar-refractivity contribution in [2.75, 3.05) is 13.7 Å². The van der Waals surface area contributed by atoms with Crippen LogP contribution in [-0.2, 0) is 13.0 Å². The first-order valence-electron chi connectivity index (χ1n) is 14.9. The second-order valence-electron chi connectivity index (χ2n) is 11.2. The van der Waals surface area contributed by atoms with E-state index in [1.54, 1.807) is 20.1 Å². The number of rotatable bonds is 14. The smallest absolute Gasteiger partial charge is 0.251 e. The van der Waals surface area contributed by atoms with Gasteiger partial charge in [0, 0.05) is 35.8 Å². The molecule has 4 aromatic carbocycles. The van der Waals surface area contributed by atoms with Crippen LogP contribution in [0.1, 0.15) is 67.7 Å². The number of halogens is 3. The van der Waals surface area contributed by atoms with E-state index in [1.165, 1.54) is 49.4 Å². The van der Waals surface area contributed by atoms with Crippen molar-refractivity contribution in [3.05, 3.63) is 136 Å². The molecule has 4 N–H and O–H groups in total. The molecule has 8 nitrogen and oxygen atoms in total. The van der Waals surface area contributed by atoms with E-state index in [-0.39, 0.29) is 35.2 Å². The number of amides is 2. The van der Waals surface area contributed by atoms with Crippen molar-refractivity contribution in [2.24, 2.45) is 0 Å². The van der Waals surface area contributed by atoms with Gasteiger partial charge in [0.15, 0.2) is 5.78 Å². The van der Waals surface area contributed by atoms with Crippen molar-refractivity contribution in [1.29, 1.82) is 0 Å². The molecule has 1 unspecified atom stereocenters. The van der Waals surface area contributed by atoms with Gasteiger partial charge in [-0.05, 0) is 91.6 Å². The number of aliphatic hydroxyl groups is 1. The van der Waals surface area contributed by atoms with Crippen molar-refractivity contribution in [2.45, 2.75) is 45.0 Å². The Morgan fingerprint density at radius 3 is 2.00 bits per heavy atom. The fourth-order valence-corrected chi connectivity index (χ4v) is 5.01. The van der Waals surface area contributed by atoms with E-state index >= 15 is 0 Å². The zero-order valence-electron chi connectivity index (χ0n) is 26.2. The lowest BCUT2D eigenvalue weighted by Gasteiger charge is -2.25. The summed E-state index contributed by atoms with van der Waals surface area (Å²) in [5.41, 5.74) is 1.81. The van der Waals surface area contributed by atoms with E-state index < -0.39 is 53.2 Å². The van der Waals surface area contributed by atoms with Crippen molar-refractivity contribution in [3.63, 3.8) is 0 Å². The minimum atomic E-state index is -1.22. The Hall–Kier alpha value is -5.00. The van der Waals surface area contributed by atoms with Gasteiger partial charge in [-0.15, -0.1) is 0 Å². The molecule has 0 aliphatic carbocycles. The number of aliphatic hydroxyl groups excluding tert-OH is 1. The number of hydrogen-bond acceptors (Lipinski definition) is 6. The monoisotopic (exact) mass is 647 g/mol. The number of carbonyl (C=O) groups is 3. The van der Waals surface area contributed by atoms with Gasteiger partial charge in [0.2, 0.25) is 0 Å². The molecular formula is C36H36F3N3O5. The third kappa shape index (κ3) is 9.99. The van der Waals surface area contributed by atoms with Crippen molar-refractivity contribution < 1.29 is 37.4 Å². The highest BCUT2D eigenvalue weighted by Crippen LogP contribution is 2.18. The lowest BCUT2D eigenvalue weighted by atomic mass is 9.98. The third-order valence-electron chi connectivity index (χ3n) is 7.56. The Kier molecular flexibility index (Phi) is 11.9. The Labute approximate surface area is 271 Å². The van der Waals surface area contributed by atoms with E-state index in [0.29, 0.717) is 17.9 Å². The zero-order valence-corrected chi connectivity index (χ0v) is 26.2. The van der Waals surface area contributed by atoms with Gasteiger partial charge in [-0.2, -0.15) is 0 Å². The molecule has 0 aliphatic rings. The fourth-order valence-electron chi connectivity index (χ4n) is 5.01. The number of hydrogen-bond donors (Lipinski definition) is 4. The van der Waals surface area contributed by atoms with Crippen molar-refractivity contribution in [3.8, 4) is 5.75 Å². The van der Waals surface area contributed by atoms with Crippen LogP contribution < -0.4 is 20.7 Å². The van der Waals surface area contributed by atoms with Crippen LogP contribution in [0, 0.1) is 17.5 Å². The third-order valence-corrected chi connectivity index (χ3v) is 7.56. The van der Waals surface area contributed by atoms with E-state index in [9.17, 15) is 32.7 Å². The van der Waals surface area contributed by atoms with Crippen LogP contribution in [0.3, 0.4) is 0 Å².